The minimum atomic E-state index is -0.483. The lowest BCUT2D eigenvalue weighted by molar-refractivity contribution is -0.114. The van der Waals surface area contributed by atoms with Crippen LogP contribution in [0.3, 0.4) is 0 Å². The summed E-state index contributed by atoms with van der Waals surface area (Å²) in [6.07, 6.45) is 3.27. The predicted molar refractivity (Wildman–Crippen MR) is 138 cm³/mol. The number of hydrogen-bond donors (Lipinski definition) is 2. The van der Waals surface area contributed by atoms with E-state index in [4.69, 9.17) is 24.4 Å². The second kappa shape index (κ2) is 11.0. The number of ether oxygens (including phenoxy) is 4. The topological polar surface area (TPSA) is 123 Å². The van der Waals surface area contributed by atoms with E-state index in [2.05, 4.69) is 10.3 Å². The van der Waals surface area contributed by atoms with Crippen molar-refractivity contribution >= 4 is 46.3 Å². The van der Waals surface area contributed by atoms with Gasteiger partial charge in [0.05, 0.1) is 19.8 Å². The first-order valence-electron chi connectivity index (χ1n) is 10.8. The number of thioether (sulfide) groups is 1. The molecule has 186 valence electrons. The Kier molecular flexibility index (Phi) is 7.59. The number of benzene rings is 2. The molecule has 2 heterocycles. The average Bonchev–Trinajstić information content (AvgIpc) is 3.33. The summed E-state index contributed by atoms with van der Waals surface area (Å²) in [6.45, 7) is 1.91. The largest absolute Gasteiger partial charge is 0.493 e. The molecule has 0 saturated carbocycles. The van der Waals surface area contributed by atoms with Crippen LogP contribution in [0.1, 0.15) is 12.5 Å². The van der Waals surface area contributed by atoms with Crippen molar-refractivity contribution in [1.82, 2.24) is 4.90 Å². The van der Waals surface area contributed by atoms with Crippen LogP contribution < -0.4 is 24.3 Å². The van der Waals surface area contributed by atoms with Crippen molar-refractivity contribution in [3.8, 4) is 23.0 Å². The molecule has 2 N–H and O–H groups in total. The molecule has 11 heteroatoms. The highest BCUT2D eigenvalue weighted by atomic mass is 32.2. The van der Waals surface area contributed by atoms with Crippen LogP contribution in [0.2, 0.25) is 0 Å². The van der Waals surface area contributed by atoms with Crippen LogP contribution in [0, 0.1) is 5.41 Å². The molecular weight excluding hydrogens is 484 g/mol. The second-order valence-corrected chi connectivity index (χ2v) is 8.41. The van der Waals surface area contributed by atoms with E-state index in [1.54, 1.807) is 59.0 Å². The first kappa shape index (κ1) is 24.9. The van der Waals surface area contributed by atoms with E-state index in [-0.39, 0.29) is 30.5 Å². The molecular formula is C25H24N4O6S. The van der Waals surface area contributed by atoms with Crippen molar-refractivity contribution in [3.05, 3.63) is 59.1 Å². The van der Waals surface area contributed by atoms with Crippen LogP contribution in [0.15, 0.2) is 58.6 Å². The van der Waals surface area contributed by atoms with Gasteiger partial charge >= 0.3 is 0 Å². The Morgan fingerprint density at radius 2 is 1.78 bits per heavy atom. The minimum Gasteiger partial charge on any atom is -0.493 e. The molecule has 0 aromatic heterocycles. The first-order chi connectivity index (χ1) is 17.4. The molecule has 2 aliphatic rings. The number of nitrogens with zero attached hydrogens (tertiary/aromatic N) is 2. The summed E-state index contributed by atoms with van der Waals surface area (Å²) in [5.74, 6) is 1.24. The van der Waals surface area contributed by atoms with Gasteiger partial charge in [-0.15, -0.1) is 0 Å². The Morgan fingerprint density at radius 1 is 1.11 bits per heavy atom. The van der Waals surface area contributed by atoms with Gasteiger partial charge in [0.1, 0.15) is 24.8 Å². The summed E-state index contributed by atoms with van der Waals surface area (Å²) >= 11 is 1.29. The molecule has 0 saturated heterocycles. The summed E-state index contributed by atoms with van der Waals surface area (Å²) in [7, 11) is 3.00. The number of anilines is 1. The fraction of sp³-hybridized carbons (Fsp3) is 0.200. The van der Waals surface area contributed by atoms with Gasteiger partial charge in [-0.2, -0.15) is 4.99 Å². The molecule has 0 aliphatic carbocycles. The molecule has 0 spiro atoms. The van der Waals surface area contributed by atoms with E-state index in [0.717, 1.165) is 0 Å². The highest BCUT2D eigenvalue weighted by Crippen LogP contribution is 2.39. The van der Waals surface area contributed by atoms with Crippen LogP contribution in [0.4, 0.5) is 5.69 Å². The van der Waals surface area contributed by atoms with E-state index < -0.39 is 5.91 Å². The molecule has 0 radical (unpaired) electrons. The third-order valence-electron chi connectivity index (χ3n) is 5.08. The first-order valence-corrected chi connectivity index (χ1v) is 11.7. The van der Waals surface area contributed by atoms with Gasteiger partial charge in [-0.1, -0.05) is 11.8 Å². The zero-order valence-electron chi connectivity index (χ0n) is 19.9. The maximum atomic E-state index is 12.5. The number of carbonyl (C=O) groups excluding carboxylic acids is 2. The van der Waals surface area contributed by atoms with Crippen molar-refractivity contribution < 1.29 is 28.5 Å². The molecule has 10 nitrogen and oxygen atoms in total. The minimum absolute atomic E-state index is 0.0479. The highest BCUT2D eigenvalue weighted by molar-refractivity contribution is 8.16. The molecule has 0 bridgehead atoms. The van der Waals surface area contributed by atoms with E-state index in [1.165, 1.54) is 32.9 Å². The monoisotopic (exact) mass is 508 g/mol. The van der Waals surface area contributed by atoms with E-state index in [9.17, 15) is 9.59 Å². The number of nitrogens with one attached hydrogen (secondary N) is 2. The van der Waals surface area contributed by atoms with Crippen LogP contribution in [0.5, 0.6) is 23.0 Å². The van der Waals surface area contributed by atoms with Crippen molar-refractivity contribution in [2.75, 3.05) is 32.8 Å². The summed E-state index contributed by atoms with van der Waals surface area (Å²) in [6, 6.07) is 10.4. The number of methoxy groups -OCH3 is 2. The lowest BCUT2D eigenvalue weighted by Crippen LogP contribution is -2.35. The van der Waals surface area contributed by atoms with Gasteiger partial charge in [-0.3, -0.25) is 19.9 Å². The zero-order chi connectivity index (χ0) is 25.7. The molecule has 36 heavy (non-hydrogen) atoms. The van der Waals surface area contributed by atoms with Gasteiger partial charge < -0.3 is 24.3 Å². The molecule has 0 unspecified atom stereocenters. The molecule has 0 fully saturated rings. The normalized spacial score (nSPS) is 15.5. The van der Waals surface area contributed by atoms with Crippen LogP contribution >= 0.6 is 11.8 Å². The number of hydrogen-bond acceptors (Lipinski definition) is 8. The Bertz CT molecular complexity index is 1260. The van der Waals surface area contributed by atoms with E-state index in [1.807, 2.05) is 0 Å². The van der Waals surface area contributed by atoms with Gasteiger partial charge in [0.25, 0.3) is 5.91 Å². The maximum absolute atomic E-state index is 12.5. The second-order valence-electron chi connectivity index (χ2n) is 7.54. The smallest absolute Gasteiger partial charge is 0.283 e. The van der Waals surface area contributed by atoms with Crippen molar-refractivity contribution in [2.24, 2.45) is 4.99 Å². The maximum Gasteiger partial charge on any atom is 0.283 e. The SMILES string of the molecule is COc1cc(/C=C2/C(=N)N3C=CSC3=NC2=O)cc(OC)c1OCCOc1ccc(NC(C)=O)cc1. The van der Waals surface area contributed by atoms with Crippen LogP contribution in [-0.2, 0) is 9.59 Å². The summed E-state index contributed by atoms with van der Waals surface area (Å²) in [4.78, 5) is 29.2. The Morgan fingerprint density at radius 3 is 2.42 bits per heavy atom. The third kappa shape index (κ3) is 5.52. The van der Waals surface area contributed by atoms with Crippen molar-refractivity contribution in [2.45, 2.75) is 6.92 Å². The van der Waals surface area contributed by atoms with Gasteiger partial charge in [-0.05, 0) is 53.4 Å². The van der Waals surface area contributed by atoms with Gasteiger partial charge in [0.2, 0.25) is 11.7 Å². The number of amides is 2. The van der Waals surface area contributed by atoms with Crippen LogP contribution in [0.25, 0.3) is 6.08 Å². The zero-order valence-corrected chi connectivity index (χ0v) is 20.7. The molecule has 2 aromatic rings. The lowest BCUT2D eigenvalue weighted by atomic mass is 10.1. The Balaban J connectivity index is 1.45. The molecule has 2 amide bonds. The highest BCUT2D eigenvalue weighted by Gasteiger charge is 2.31. The number of fused-ring (bicyclic) bond motifs is 1. The fourth-order valence-corrected chi connectivity index (χ4v) is 4.17. The summed E-state index contributed by atoms with van der Waals surface area (Å²) < 4.78 is 22.6. The standard InChI is InChI=1S/C25H24N4O6S/c1-15(30)27-17-4-6-18(7-5-17)34-9-10-35-22-20(32-2)13-16(14-21(22)33-3)12-19-23(26)29-8-11-36-25(29)28-24(19)31/h4-8,11-14,26H,9-10H2,1-3H3,(H,27,30)/b19-12-,26-23?. The lowest BCUT2D eigenvalue weighted by Gasteiger charge is -2.22. The number of amidine groups is 2. The molecule has 2 aliphatic heterocycles. The molecule has 2 aromatic carbocycles. The summed E-state index contributed by atoms with van der Waals surface area (Å²) in [5.41, 5.74) is 1.43. The van der Waals surface area contributed by atoms with Crippen LogP contribution in [-0.4, -0.2) is 55.2 Å². The number of aliphatic imine (C=N–C) groups is 1. The Hall–Kier alpha value is -4.25. The van der Waals surface area contributed by atoms with Gasteiger partial charge in [0, 0.05) is 18.8 Å². The fourth-order valence-electron chi connectivity index (χ4n) is 3.46. The van der Waals surface area contributed by atoms with Gasteiger partial charge in [-0.25, -0.2) is 0 Å². The Labute approximate surface area is 212 Å². The van der Waals surface area contributed by atoms with Gasteiger partial charge in [0.15, 0.2) is 16.7 Å². The predicted octanol–water partition coefficient (Wildman–Crippen LogP) is 3.90. The quantitative estimate of drug-likeness (QED) is 0.386. The molecule has 4 rings (SSSR count). The van der Waals surface area contributed by atoms with Crippen molar-refractivity contribution in [1.29, 1.82) is 5.41 Å². The third-order valence-corrected chi connectivity index (χ3v) is 5.84. The summed E-state index contributed by atoms with van der Waals surface area (Å²) in [5, 5.41) is 13.3. The van der Waals surface area contributed by atoms with E-state index in [0.29, 0.717) is 39.4 Å². The van der Waals surface area contributed by atoms with E-state index >= 15 is 0 Å². The molecule has 0 atom stereocenters. The number of carbonyl (C=O) groups is 2. The number of rotatable bonds is 9. The average molecular weight is 509 g/mol. The van der Waals surface area contributed by atoms with Crippen molar-refractivity contribution in [3.63, 3.8) is 0 Å².